The molecule has 0 aliphatic carbocycles. The van der Waals surface area contributed by atoms with Crippen LogP contribution in [0, 0.1) is 0 Å². The van der Waals surface area contributed by atoms with Crippen LogP contribution in [0.25, 0.3) is 0 Å². The molecule has 0 spiro atoms. The molecule has 2 nitrogen and oxygen atoms in total. The Morgan fingerprint density at radius 3 is 3.06 bits per heavy atom. The van der Waals surface area contributed by atoms with Crippen LogP contribution in [0.5, 0.6) is 0 Å². The highest BCUT2D eigenvalue weighted by atomic mass is 35.5. The molecule has 3 heteroatoms. The smallest absolute Gasteiger partial charge is 0.0410 e. The van der Waals surface area contributed by atoms with Crippen LogP contribution in [0.15, 0.2) is 18.2 Å². The fourth-order valence-corrected chi connectivity index (χ4v) is 2.68. The SMILES string of the molecule is CNCCCC1CN(C)c2ccc(Cl)cc21. The van der Waals surface area contributed by atoms with Crippen molar-refractivity contribution in [3.63, 3.8) is 0 Å². The lowest BCUT2D eigenvalue weighted by Crippen LogP contribution is -2.16. The van der Waals surface area contributed by atoms with E-state index in [1.54, 1.807) is 0 Å². The third-order valence-electron chi connectivity index (χ3n) is 3.31. The minimum atomic E-state index is 0.645. The Balaban J connectivity index is 2.11. The summed E-state index contributed by atoms with van der Waals surface area (Å²) in [5.41, 5.74) is 2.77. The summed E-state index contributed by atoms with van der Waals surface area (Å²) in [5, 5.41) is 4.05. The number of halogens is 1. The first-order chi connectivity index (χ1) is 7.72. The highest BCUT2D eigenvalue weighted by Gasteiger charge is 2.25. The first-order valence-electron chi connectivity index (χ1n) is 5.87. The lowest BCUT2D eigenvalue weighted by atomic mass is 9.96. The van der Waals surface area contributed by atoms with Crippen LogP contribution in [0.1, 0.15) is 24.3 Å². The van der Waals surface area contributed by atoms with Crippen LogP contribution >= 0.6 is 11.6 Å². The Labute approximate surface area is 103 Å². The zero-order chi connectivity index (χ0) is 11.5. The molecule has 0 radical (unpaired) electrons. The van der Waals surface area contributed by atoms with E-state index in [-0.39, 0.29) is 0 Å². The van der Waals surface area contributed by atoms with Gasteiger partial charge in [-0.2, -0.15) is 0 Å². The Morgan fingerprint density at radius 2 is 2.31 bits per heavy atom. The van der Waals surface area contributed by atoms with Gasteiger partial charge >= 0.3 is 0 Å². The summed E-state index contributed by atoms with van der Waals surface area (Å²) in [4.78, 5) is 2.33. The second kappa shape index (κ2) is 5.07. The predicted octanol–water partition coefficient (Wildman–Crippen LogP) is 2.87. The molecule has 1 N–H and O–H groups in total. The lowest BCUT2D eigenvalue weighted by Gasteiger charge is -2.12. The molecule has 0 bridgehead atoms. The van der Waals surface area contributed by atoms with Crippen molar-refractivity contribution in [2.75, 3.05) is 32.1 Å². The first-order valence-corrected chi connectivity index (χ1v) is 6.25. The average Bonchev–Trinajstić information content (AvgIpc) is 2.56. The van der Waals surface area contributed by atoms with Gasteiger partial charge in [0.2, 0.25) is 0 Å². The van der Waals surface area contributed by atoms with Crippen molar-refractivity contribution in [2.24, 2.45) is 0 Å². The number of anilines is 1. The molecule has 0 saturated heterocycles. The van der Waals surface area contributed by atoms with Crippen molar-refractivity contribution < 1.29 is 0 Å². The summed E-state index contributed by atoms with van der Waals surface area (Å²) >= 11 is 6.07. The van der Waals surface area contributed by atoms with E-state index in [0.717, 1.165) is 18.1 Å². The number of fused-ring (bicyclic) bond motifs is 1. The van der Waals surface area contributed by atoms with E-state index in [2.05, 4.69) is 29.4 Å². The van der Waals surface area contributed by atoms with Gasteiger partial charge in [0, 0.05) is 30.2 Å². The Hall–Kier alpha value is -0.730. The topological polar surface area (TPSA) is 15.3 Å². The Bertz CT molecular complexity index is 365. The van der Waals surface area contributed by atoms with Crippen molar-refractivity contribution >= 4 is 17.3 Å². The first kappa shape index (κ1) is 11.7. The molecule has 0 saturated carbocycles. The zero-order valence-electron chi connectivity index (χ0n) is 9.96. The van der Waals surface area contributed by atoms with Gasteiger partial charge in [-0.05, 0) is 50.2 Å². The van der Waals surface area contributed by atoms with Gasteiger partial charge in [0.05, 0.1) is 0 Å². The fourth-order valence-electron chi connectivity index (χ4n) is 2.50. The van der Waals surface area contributed by atoms with E-state index in [4.69, 9.17) is 11.6 Å². The molecule has 1 heterocycles. The number of nitrogens with one attached hydrogen (secondary N) is 1. The van der Waals surface area contributed by atoms with Crippen LogP contribution in [0.2, 0.25) is 5.02 Å². The summed E-state index contributed by atoms with van der Waals surface area (Å²) < 4.78 is 0. The maximum Gasteiger partial charge on any atom is 0.0410 e. The van der Waals surface area contributed by atoms with E-state index in [0.29, 0.717) is 5.92 Å². The molecule has 2 rings (SSSR count). The summed E-state index contributed by atoms with van der Waals surface area (Å²) in [6.45, 7) is 2.22. The molecule has 1 aliphatic rings. The number of likely N-dealkylation sites (N-methyl/N-ethyl adjacent to an activating group) is 1. The van der Waals surface area contributed by atoms with E-state index in [9.17, 15) is 0 Å². The molecular weight excluding hydrogens is 220 g/mol. The normalized spacial score (nSPS) is 18.9. The molecule has 0 amide bonds. The standard InChI is InChI=1S/C13H19ClN2/c1-15-7-3-4-10-9-16(2)13-6-5-11(14)8-12(10)13/h5-6,8,10,15H,3-4,7,9H2,1-2H3. The molecule has 0 fully saturated rings. The van der Waals surface area contributed by atoms with Gasteiger partial charge in [0.25, 0.3) is 0 Å². The predicted molar refractivity (Wildman–Crippen MR) is 70.6 cm³/mol. The van der Waals surface area contributed by atoms with Crippen molar-refractivity contribution in [3.8, 4) is 0 Å². The number of hydrogen-bond donors (Lipinski definition) is 1. The van der Waals surface area contributed by atoms with E-state index in [1.807, 2.05) is 13.1 Å². The molecular formula is C13H19ClN2. The number of nitrogens with zero attached hydrogens (tertiary/aromatic N) is 1. The lowest BCUT2D eigenvalue weighted by molar-refractivity contribution is 0.594. The molecule has 1 aromatic carbocycles. The number of rotatable bonds is 4. The molecule has 1 unspecified atom stereocenters. The van der Waals surface area contributed by atoms with Crippen LogP contribution in [-0.2, 0) is 0 Å². The van der Waals surface area contributed by atoms with Crippen molar-refractivity contribution in [3.05, 3.63) is 28.8 Å². The maximum atomic E-state index is 6.07. The Kier molecular flexibility index (Phi) is 3.72. The van der Waals surface area contributed by atoms with Gasteiger partial charge in [-0.3, -0.25) is 0 Å². The molecule has 1 atom stereocenters. The zero-order valence-corrected chi connectivity index (χ0v) is 10.7. The third kappa shape index (κ3) is 2.33. The average molecular weight is 239 g/mol. The fraction of sp³-hybridized carbons (Fsp3) is 0.538. The second-order valence-electron chi connectivity index (χ2n) is 4.53. The minimum absolute atomic E-state index is 0.645. The van der Waals surface area contributed by atoms with E-state index in [1.165, 1.54) is 24.1 Å². The second-order valence-corrected chi connectivity index (χ2v) is 4.96. The third-order valence-corrected chi connectivity index (χ3v) is 3.55. The maximum absolute atomic E-state index is 6.07. The van der Waals surface area contributed by atoms with Gasteiger partial charge in [-0.15, -0.1) is 0 Å². The van der Waals surface area contributed by atoms with E-state index >= 15 is 0 Å². The van der Waals surface area contributed by atoms with Crippen molar-refractivity contribution in [1.29, 1.82) is 0 Å². The van der Waals surface area contributed by atoms with Crippen molar-refractivity contribution in [1.82, 2.24) is 5.32 Å². The highest BCUT2D eigenvalue weighted by molar-refractivity contribution is 6.30. The minimum Gasteiger partial charge on any atom is -0.374 e. The van der Waals surface area contributed by atoms with Gasteiger partial charge in [0.1, 0.15) is 0 Å². The summed E-state index contributed by atoms with van der Waals surface area (Å²) in [7, 11) is 4.16. The van der Waals surface area contributed by atoms with Gasteiger partial charge in [-0.25, -0.2) is 0 Å². The monoisotopic (exact) mass is 238 g/mol. The number of hydrogen-bond acceptors (Lipinski definition) is 2. The van der Waals surface area contributed by atoms with E-state index < -0.39 is 0 Å². The summed E-state index contributed by atoms with van der Waals surface area (Å²) in [6.07, 6.45) is 2.46. The van der Waals surface area contributed by atoms with Crippen LogP contribution in [-0.4, -0.2) is 27.2 Å². The summed E-state index contributed by atoms with van der Waals surface area (Å²) in [5.74, 6) is 0.645. The van der Waals surface area contributed by atoms with Gasteiger partial charge < -0.3 is 10.2 Å². The highest BCUT2D eigenvalue weighted by Crippen LogP contribution is 2.39. The molecule has 0 aromatic heterocycles. The quantitative estimate of drug-likeness (QED) is 0.812. The number of benzene rings is 1. The van der Waals surface area contributed by atoms with Crippen LogP contribution < -0.4 is 10.2 Å². The summed E-state index contributed by atoms with van der Waals surface area (Å²) in [6, 6.07) is 6.24. The van der Waals surface area contributed by atoms with Gasteiger partial charge in [-0.1, -0.05) is 11.6 Å². The van der Waals surface area contributed by atoms with Crippen LogP contribution in [0.4, 0.5) is 5.69 Å². The molecule has 1 aliphatic heterocycles. The molecule has 16 heavy (non-hydrogen) atoms. The largest absolute Gasteiger partial charge is 0.374 e. The molecule has 88 valence electrons. The van der Waals surface area contributed by atoms with Crippen molar-refractivity contribution in [2.45, 2.75) is 18.8 Å². The van der Waals surface area contributed by atoms with Crippen LogP contribution in [0.3, 0.4) is 0 Å². The van der Waals surface area contributed by atoms with Gasteiger partial charge in [0.15, 0.2) is 0 Å². The Morgan fingerprint density at radius 1 is 1.50 bits per heavy atom. The molecule has 1 aromatic rings.